The minimum atomic E-state index is -0.212. The van der Waals surface area contributed by atoms with Gasteiger partial charge in [0.25, 0.3) is 0 Å². The van der Waals surface area contributed by atoms with E-state index in [4.69, 9.17) is 4.74 Å². The van der Waals surface area contributed by atoms with Crippen molar-refractivity contribution in [2.24, 2.45) is 4.99 Å². The van der Waals surface area contributed by atoms with E-state index in [0.29, 0.717) is 19.1 Å². The number of nitrogens with one attached hydrogen (secondary N) is 3. The quantitative estimate of drug-likeness (QED) is 0.377. The zero-order valence-corrected chi connectivity index (χ0v) is 15.4. The van der Waals surface area contributed by atoms with Crippen molar-refractivity contribution in [1.29, 1.82) is 0 Å². The first-order valence-corrected chi connectivity index (χ1v) is 8.85. The minimum absolute atomic E-state index is 0.106. The van der Waals surface area contributed by atoms with Gasteiger partial charge in [-0.1, -0.05) is 6.07 Å². The Hall–Kier alpha value is -2.35. The predicted molar refractivity (Wildman–Crippen MR) is 101 cm³/mol. The van der Waals surface area contributed by atoms with Crippen molar-refractivity contribution in [3.05, 3.63) is 30.1 Å². The Balaban J connectivity index is 1.72. The molecule has 1 saturated heterocycles. The molecule has 1 fully saturated rings. The summed E-state index contributed by atoms with van der Waals surface area (Å²) in [5, 5.41) is 9.11. The normalized spacial score (nSPS) is 15.7. The number of piperidine rings is 1. The molecule has 1 aliphatic heterocycles. The number of anilines is 1. The summed E-state index contributed by atoms with van der Waals surface area (Å²) < 4.78 is 18.3. The van der Waals surface area contributed by atoms with Crippen LogP contribution in [0, 0.1) is 5.82 Å². The molecule has 144 valence electrons. The largest absolute Gasteiger partial charge is 0.383 e. The number of methoxy groups -OCH3 is 1. The third-order valence-electron chi connectivity index (χ3n) is 4.28. The number of halogens is 1. The lowest BCUT2D eigenvalue weighted by Crippen LogP contribution is -2.50. The molecule has 0 bridgehead atoms. The molecule has 26 heavy (non-hydrogen) atoms. The molecule has 1 aromatic rings. The van der Waals surface area contributed by atoms with E-state index in [1.165, 1.54) is 6.07 Å². The Morgan fingerprint density at radius 2 is 2.12 bits per heavy atom. The lowest BCUT2D eigenvalue weighted by Gasteiger charge is -2.34. The number of benzene rings is 1. The number of carbonyl (C=O) groups is 1. The van der Waals surface area contributed by atoms with Gasteiger partial charge in [-0.25, -0.2) is 4.39 Å². The number of hydrogen-bond acceptors (Lipinski definition) is 4. The van der Waals surface area contributed by atoms with Crippen LogP contribution in [-0.2, 0) is 9.53 Å². The van der Waals surface area contributed by atoms with Gasteiger partial charge in [-0.2, -0.15) is 0 Å². The topological polar surface area (TPSA) is 78.0 Å². The van der Waals surface area contributed by atoms with Gasteiger partial charge >= 0.3 is 0 Å². The highest BCUT2D eigenvalue weighted by Crippen LogP contribution is 2.20. The number of guanidine groups is 1. The molecule has 8 heteroatoms. The number of nitrogens with zero attached hydrogens (tertiary/aromatic N) is 2. The average Bonchev–Trinajstić information content (AvgIpc) is 2.66. The van der Waals surface area contributed by atoms with Crippen LogP contribution in [0.3, 0.4) is 0 Å². The van der Waals surface area contributed by atoms with Gasteiger partial charge in [-0.05, 0) is 31.0 Å². The van der Waals surface area contributed by atoms with E-state index in [0.717, 1.165) is 31.6 Å². The Labute approximate surface area is 154 Å². The minimum Gasteiger partial charge on any atom is -0.383 e. The van der Waals surface area contributed by atoms with Gasteiger partial charge < -0.3 is 25.6 Å². The van der Waals surface area contributed by atoms with Gasteiger partial charge in [-0.15, -0.1) is 0 Å². The molecular formula is C18H28FN5O2. The van der Waals surface area contributed by atoms with Crippen LogP contribution in [-0.4, -0.2) is 64.9 Å². The summed E-state index contributed by atoms with van der Waals surface area (Å²) in [6.07, 6.45) is 1.83. The zero-order valence-electron chi connectivity index (χ0n) is 15.4. The van der Waals surface area contributed by atoms with Crippen LogP contribution in [0.4, 0.5) is 10.1 Å². The van der Waals surface area contributed by atoms with Crippen molar-refractivity contribution in [3.63, 3.8) is 0 Å². The van der Waals surface area contributed by atoms with Gasteiger partial charge in [0.2, 0.25) is 5.91 Å². The maximum Gasteiger partial charge on any atom is 0.239 e. The second-order valence-electron chi connectivity index (χ2n) is 6.15. The SMILES string of the molecule is CN=C(NCC(=O)NCCOC)NC1CCN(c2cccc(F)c2)CC1. The molecule has 3 N–H and O–H groups in total. The van der Waals surface area contributed by atoms with E-state index in [1.807, 2.05) is 6.07 Å². The molecule has 1 aliphatic rings. The molecule has 2 rings (SSSR count). The van der Waals surface area contributed by atoms with Gasteiger partial charge in [0.15, 0.2) is 5.96 Å². The average molecular weight is 365 g/mol. The van der Waals surface area contributed by atoms with Crippen molar-refractivity contribution < 1.29 is 13.9 Å². The lowest BCUT2D eigenvalue weighted by molar-refractivity contribution is -0.120. The van der Waals surface area contributed by atoms with Crippen LogP contribution >= 0.6 is 0 Å². The predicted octanol–water partition coefficient (Wildman–Crippen LogP) is 0.722. The summed E-state index contributed by atoms with van der Waals surface area (Å²) in [5.74, 6) is 0.290. The fourth-order valence-electron chi connectivity index (χ4n) is 2.86. The molecule has 0 saturated carbocycles. The highest BCUT2D eigenvalue weighted by Gasteiger charge is 2.20. The summed E-state index contributed by atoms with van der Waals surface area (Å²) in [5.41, 5.74) is 0.915. The molecule has 1 aromatic carbocycles. The summed E-state index contributed by atoms with van der Waals surface area (Å²) in [4.78, 5) is 18.1. The van der Waals surface area contributed by atoms with E-state index in [9.17, 15) is 9.18 Å². The van der Waals surface area contributed by atoms with Crippen molar-refractivity contribution in [1.82, 2.24) is 16.0 Å². The van der Waals surface area contributed by atoms with Gasteiger partial charge in [0.1, 0.15) is 5.82 Å². The summed E-state index contributed by atoms with van der Waals surface area (Å²) in [6, 6.07) is 6.95. The van der Waals surface area contributed by atoms with Crippen molar-refractivity contribution in [2.45, 2.75) is 18.9 Å². The van der Waals surface area contributed by atoms with Crippen LogP contribution in [0.5, 0.6) is 0 Å². The highest BCUT2D eigenvalue weighted by atomic mass is 19.1. The molecular weight excluding hydrogens is 337 g/mol. The third kappa shape index (κ3) is 6.51. The number of carbonyl (C=O) groups excluding carboxylic acids is 1. The fraction of sp³-hybridized carbons (Fsp3) is 0.556. The molecule has 1 amide bonds. The summed E-state index contributed by atoms with van der Waals surface area (Å²) in [7, 11) is 3.27. The second kappa shape index (κ2) is 10.6. The molecule has 1 heterocycles. The number of rotatable bonds is 7. The zero-order chi connectivity index (χ0) is 18.8. The summed E-state index contributed by atoms with van der Waals surface area (Å²) in [6.45, 7) is 2.82. The van der Waals surface area contributed by atoms with E-state index in [1.54, 1.807) is 26.3 Å². The number of amides is 1. The van der Waals surface area contributed by atoms with Crippen LogP contribution < -0.4 is 20.9 Å². The van der Waals surface area contributed by atoms with Crippen LogP contribution in [0.1, 0.15) is 12.8 Å². The number of aliphatic imine (C=N–C) groups is 1. The third-order valence-corrected chi connectivity index (χ3v) is 4.28. The Morgan fingerprint density at radius 3 is 2.77 bits per heavy atom. The molecule has 0 atom stereocenters. The maximum atomic E-state index is 13.4. The van der Waals surface area contributed by atoms with Crippen molar-refractivity contribution in [3.8, 4) is 0 Å². The van der Waals surface area contributed by atoms with Crippen LogP contribution in [0.2, 0.25) is 0 Å². The van der Waals surface area contributed by atoms with Gasteiger partial charge in [-0.3, -0.25) is 9.79 Å². The van der Waals surface area contributed by atoms with E-state index in [-0.39, 0.29) is 24.3 Å². The molecule has 0 aromatic heterocycles. The second-order valence-corrected chi connectivity index (χ2v) is 6.15. The molecule has 0 aliphatic carbocycles. The van der Waals surface area contributed by atoms with Gasteiger partial charge in [0.05, 0.1) is 13.2 Å². The smallest absolute Gasteiger partial charge is 0.239 e. The standard InChI is InChI=1S/C18H28FN5O2/c1-20-18(22-13-17(25)21-8-11-26-2)23-15-6-9-24(10-7-15)16-5-3-4-14(19)12-16/h3-5,12,15H,6-11,13H2,1-2H3,(H,21,25)(H2,20,22,23). The van der Waals surface area contributed by atoms with Crippen molar-refractivity contribution >= 4 is 17.6 Å². The maximum absolute atomic E-state index is 13.4. The molecule has 0 spiro atoms. The Kier molecular flexibility index (Phi) is 8.14. The van der Waals surface area contributed by atoms with Crippen LogP contribution in [0.25, 0.3) is 0 Å². The number of ether oxygens (including phenoxy) is 1. The van der Waals surface area contributed by atoms with Crippen LogP contribution in [0.15, 0.2) is 29.3 Å². The lowest BCUT2D eigenvalue weighted by atomic mass is 10.0. The molecule has 7 nitrogen and oxygen atoms in total. The first-order chi connectivity index (χ1) is 12.6. The fourth-order valence-corrected chi connectivity index (χ4v) is 2.86. The van der Waals surface area contributed by atoms with Crippen molar-refractivity contribution in [2.75, 3.05) is 51.8 Å². The Morgan fingerprint density at radius 1 is 1.35 bits per heavy atom. The molecule has 0 unspecified atom stereocenters. The van der Waals surface area contributed by atoms with Gasteiger partial charge in [0, 0.05) is 45.5 Å². The first kappa shape index (κ1) is 20.0. The first-order valence-electron chi connectivity index (χ1n) is 8.85. The van der Waals surface area contributed by atoms with E-state index >= 15 is 0 Å². The summed E-state index contributed by atoms with van der Waals surface area (Å²) >= 11 is 0. The van der Waals surface area contributed by atoms with E-state index in [2.05, 4.69) is 25.8 Å². The highest BCUT2D eigenvalue weighted by molar-refractivity contribution is 5.86. The Bertz CT molecular complexity index is 603. The number of hydrogen-bond donors (Lipinski definition) is 3. The molecule has 0 radical (unpaired) electrons. The van der Waals surface area contributed by atoms with E-state index < -0.39 is 0 Å². The monoisotopic (exact) mass is 365 g/mol.